The molecule has 17 heavy (non-hydrogen) atoms. The topological polar surface area (TPSA) is 80.2 Å². The Hall–Kier alpha value is -1.14. The lowest BCUT2D eigenvalue weighted by atomic mass is 10.1. The number of halogens is 1. The molecule has 1 atom stereocenters. The van der Waals surface area contributed by atoms with E-state index in [1.807, 2.05) is 13.8 Å². The summed E-state index contributed by atoms with van der Waals surface area (Å²) >= 11 is 5.68. The minimum absolute atomic E-state index is 0.0534. The number of anilines is 1. The molecule has 0 aromatic carbocycles. The molecule has 0 spiro atoms. The Bertz CT molecular complexity index is 362. The minimum Gasteiger partial charge on any atom is -0.467 e. The summed E-state index contributed by atoms with van der Waals surface area (Å²) in [5, 5.41) is 12.6. The summed E-state index contributed by atoms with van der Waals surface area (Å²) in [6.07, 6.45) is 0.264. The SMILES string of the molecule is COc1nc(Cl)nc(NCC(O)CC(C)C)n1. The quantitative estimate of drug-likeness (QED) is 0.804. The van der Waals surface area contributed by atoms with Crippen LogP contribution in [0.5, 0.6) is 6.01 Å². The third-order valence-electron chi connectivity index (χ3n) is 2.01. The number of aliphatic hydroxyl groups excluding tert-OH is 1. The first-order chi connectivity index (χ1) is 8.01. The van der Waals surface area contributed by atoms with Crippen LogP contribution in [0.1, 0.15) is 20.3 Å². The summed E-state index contributed by atoms with van der Waals surface area (Å²) in [5.41, 5.74) is 0. The fraction of sp³-hybridized carbons (Fsp3) is 0.700. The summed E-state index contributed by atoms with van der Waals surface area (Å²) in [4.78, 5) is 11.6. The molecule has 0 aliphatic rings. The average molecular weight is 261 g/mol. The molecule has 1 rings (SSSR count). The normalized spacial score (nSPS) is 12.6. The van der Waals surface area contributed by atoms with Crippen molar-refractivity contribution in [3.8, 4) is 6.01 Å². The Kier molecular flexibility index (Phi) is 5.37. The van der Waals surface area contributed by atoms with Crippen molar-refractivity contribution < 1.29 is 9.84 Å². The third-order valence-corrected chi connectivity index (χ3v) is 2.18. The van der Waals surface area contributed by atoms with E-state index in [9.17, 15) is 5.11 Å². The van der Waals surface area contributed by atoms with E-state index in [0.717, 1.165) is 0 Å². The number of hydrogen-bond acceptors (Lipinski definition) is 6. The van der Waals surface area contributed by atoms with E-state index in [-0.39, 0.29) is 11.3 Å². The van der Waals surface area contributed by atoms with Crippen molar-refractivity contribution in [1.82, 2.24) is 15.0 Å². The fourth-order valence-corrected chi connectivity index (χ4v) is 1.49. The molecule has 2 N–H and O–H groups in total. The van der Waals surface area contributed by atoms with Gasteiger partial charge >= 0.3 is 6.01 Å². The number of methoxy groups -OCH3 is 1. The summed E-state index contributed by atoms with van der Waals surface area (Å²) < 4.78 is 4.86. The molecule has 6 nitrogen and oxygen atoms in total. The van der Waals surface area contributed by atoms with Gasteiger partial charge in [0.2, 0.25) is 11.2 Å². The van der Waals surface area contributed by atoms with Crippen molar-refractivity contribution in [3.63, 3.8) is 0 Å². The zero-order valence-corrected chi connectivity index (χ0v) is 10.9. The molecule has 7 heteroatoms. The van der Waals surface area contributed by atoms with Gasteiger partial charge < -0.3 is 15.2 Å². The molecule has 0 amide bonds. The Morgan fingerprint density at radius 2 is 2.06 bits per heavy atom. The number of nitrogens with one attached hydrogen (secondary N) is 1. The van der Waals surface area contributed by atoms with Crippen LogP contribution in [0, 0.1) is 5.92 Å². The summed E-state index contributed by atoms with van der Waals surface area (Å²) in [6.45, 7) is 4.46. The predicted octanol–water partition coefficient (Wildman–Crippen LogP) is 1.35. The van der Waals surface area contributed by atoms with Gasteiger partial charge in [-0.25, -0.2) is 0 Å². The van der Waals surface area contributed by atoms with Gasteiger partial charge in [-0.15, -0.1) is 0 Å². The number of ether oxygens (including phenoxy) is 1. The number of aromatic nitrogens is 3. The number of nitrogens with zero attached hydrogens (tertiary/aromatic N) is 3. The van der Waals surface area contributed by atoms with Crippen LogP contribution in [-0.4, -0.2) is 39.8 Å². The standard InChI is InChI=1S/C10H17ClN4O2/c1-6(2)4-7(16)5-12-9-13-8(11)14-10(15-9)17-3/h6-7,16H,4-5H2,1-3H3,(H,12,13,14,15). The Balaban J connectivity index is 2.54. The van der Waals surface area contributed by atoms with E-state index in [1.165, 1.54) is 7.11 Å². The van der Waals surface area contributed by atoms with Gasteiger partial charge in [-0.05, 0) is 23.9 Å². The van der Waals surface area contributed by atoms with E-state index < -0.39 is 6.10 Å². The molecular formula is C10H17ClN4O2. The van der Waals surface area contributed by atoms with Gasteiger partial charge in [-0.1, -0.05) is 13.8 Å². The van der Waals surface area contributed by atoms with E-state index in [4.69, 9.17) is 16.3 Å². The Morgan fingerprint density at radius 3 is 2.65 bits per heavy atom. The van der Waals surface area contributed by atoms with Crippen molar-refractivity contribution in [2.75, 3.05) is 19.0 Å². The highest BCUT2D eigenvalue weighted by molar-refractivity contribution is 6.28. The van der Waals surface area contributed by atoms with E-state index >= 15 is 0 Å². The Morgan fingerprint density at radius 1 is 1.35 bits per heavy atom. The second kappa shape index (κ2) is 6.56. The van der Waals surface area contributed by atoms with E-state index in [2.05, 4.69) is 20.3 Å². The van der Waals surface area contributed by atoms with Gasteiger partial charge in [0.15, 0.2) is 0 Å². The third kappa shape index (κ3) is 5.14. The molecule has 96 valence electrons. The summed E-state index contributed by atoms with van der Waals surface area (Å²) in [7, 11) is 1.45. The first-order valence-electron chi connectivity index (χ1n) is 5.38. The van der Waals surface area contributed by atoms with Crippen LogP contribution >= 0.6 is 11.6 Å². The van der Waals surface area contributed by atoms with Crippen LogP contribution < -0.4 is 10.1 Å². The highest BCUT2D eigenvalue weighted by Crippen LogP contribution is 2.11. The molecule has 0 aliphatic heterocycles. The monoisotopic (exact) mass is 260 g/mol. The van der Waals surface area contributed by atoms with Gasteiger partial charge in [-0.3, -0.25) is 0 Å². The summed E-state index contributed by atoms with van der Waals surface area (Å²) in [6, 6.07) is 0.144. The highest BCUT2D eigenvalue weighted by atomic mass is 35.5. The molecule has 0 bridgehead atoms. The molecule has 0 radical (unpaired) electrons. The lowest BCUT2D eigenvalue weighted by Gasteiger charge is -2.13. The smallest absolute Gasteiger partial charge is 0.322 e. The highest BCUT2D eigenvalue weighted by Gasteiger charge is 2.09. The number of hydrogen-bond donors (Lipinski definition) is 2. The minimum atomic E-state index is -0.448. The largest absolute Gasteiger partial charge is 0.467 e. The lowest BCUT2D eigenvalue weighted by molar-refractivity contribution is 0.161. The van der Waals surface area contributed by atoms with E-state index in [0.29, 0.717) is 24.8 Å². The molecule has 1 aromatic rings. The van der Waals surface area contributed by atoms with Crippen molar-refractivity contribution in [2.24, 2.45) is 5.92 Å². The number of aliphatic hydroxyl groups is 1. The molecule has 1 aromatic heterocycles. The van der Waals surface area contributed by atoms with E-state index in [1.54, 1.807) is 0 Å². The Labute approximate surface area is 105 Å². The molecule has 0 saturated carbocycles. The molecule has 0 saturated heterocycles. The fourth-order valence-electron chi connectivity index (χ4n) is 1.34. The van der Waals surface area contributed by atoms with Crippen molar-refractivity contribution in [3.05, 3.63) is 5.28 Å². The maximum absolute atomic E-state index is 9.68. The first kappa shape index (κ1) is 13.9. The van der Waals surface area contributed by atoms with Gasteiger partial charge in [0.1, 0.15) is 0 Å². The summed E-state index contributed by atoms with van der Waals surface area (Å²) in [5.74, 6) is 0.730. The van der Waals surface area contributed by atoms with Gasteiger partial charge in [0.05, 0.1) is 13.2 Å². The maximum Gasteiger partial charge on any atom is 0.322 e. The molecule has 1 heterocycles. The van der Waals surface area contributed by atoms with Crippen LogP contribution in [0.3, 0.4) is 0 Å². The lowest BCUT2D eigenvalue weighted by Crippen LogP contribution is -2.22. The van der Waals surface area contributed by atoms with Crippen LogP contribution in [-0.2, 0) is 0 Å². The first-order valence-corrected chi connectivity index (χ1v) is 5.76. The van der Waals surface area contributed by atoms with Gasteiger partial charge in [-0.2, -0.15) is 15.0 Å². The van der Waals surface area contributed by atoms with Crippen LogP contribution in [0.15, 0.2) is 0 Å². The van der Waals surface area contributed by atoms with Crippen molar-refractivity contribution in [2.45, 2.75) is 26.4 Å². The second-order valence-electron chi connectivity index (χ2n) is 4.08. The van der Waals surface area contributed by atoms with Crippen LogP contribution in [0.4, 0.5) is 5.95 Å². The zero-order chi connectivity index (χ0) is 12.8. The average Bonchev–Trinajstić information content (AvgIpc) is 2.24. The van der Waals surface area contributed by atoms with Crippen LogP contribution in [0.25, 0.3) is 0 Å². The molecular weight excluding hydrogens is 244 g/mol. The second-order valence-corrected chi connectivity index (χ2v) is 4.42. The van der Waals surface area contributed by atoms with Crippen LogP contribution in [0.2, 0.25) is 5.28 Å². The molecule has 0 aliphatic carbocycles. The zero-order valence-electron chi connectivity index (χ0n) is 10.1. The molecule has 1 unspecified atom stereocenters. The van der Waals surface area contributed by atoms with Gasteiger partial charge in [0, 0.05) is 6.54 Å². The number of rotatable bonds is 6. The predicted molar refractivity (Wildman–Crippen MR) is 65.3 cm³/mol. The molecule has 0 fully saturated rings. The van der Waals surface area contributed by atoms with Gasteiger partial charge in [0.25, 0.3) is 0 Å². The maximum atomic E-state index is 9.68. The van der Waals surface area contributed by atoms with Crippen molar-refractivity contribution >= 4 is 17.5 Å². The van der Waals surface area contributed by atoms with Crippen molar-refractivity contribution in [1.29, 1.82) is 0 Å².